The smallest absolute Gasteiger partial charge is 0.123 e. The number of aliphatic hydroxyl groups excluding tert-OH is 1. The Labute approximate surface area is 107 Å². The number of aliphatic hydroxyl groups is 1. The van der Waals surface area contributed by atoms with Gasteiger partial charge in [0.15, 0.2) is 0 Å². The van der Waals surface area contributed by atoms with Crippen LogP contribution in [0.2, 0.25) is 0 Å². The van der Waals surface area contributed by atoms with Crippen LogP contribution in [0.4, 0.5) is 4.39 Å². The van der Waals surface area contributed by atoms with Gasteiger partial charge in [0.2, 0.25) is 0 Å². The van der Waals surface area contributed by atoms with Gasteiger partial charge >= 0.3 is 0 Å². The molecule has 1 aliphatic heterocycles. The molecule has 1 aromatic carbocycles. The fraction of sp³-hybridized carbons (Fsp3) is 0.571. The largest absolute Gasteiger partial charge is 0.395 e. The van der Waals surface area contributed by atoms with E-state index < -0.39 is 0 Å². The predicted octanol–water partition coefficient (Wildman–Crippen LogP) is 1.01. The molecule has 1 atom stereocenters. The number of halogens is 1. The molecule has 0 aliphatic carbocycles. The van der Waals surface area contributed by atoms with Gasteiger partial charge in [0.1, 0.15) is 5.82 Å². The molecule has 1 aliphatic rings. The number of rotatable bonds is 6. The fourth-order valence-corrected chi connectivity index (χ4v) is 2.38. The van der Waals surface area contributed by atoms with E-state index >= 15 is 0 Å². The molecule has 0 saturated carbocycles. The molecule has 4 heteroatoms. The lowest BCUT2D eigenvalue weighted by Gasteiger charge is -2.40. The lowest BCUT2D eigenvalue weighted by molar-refractivity contribution is 0.0937. The van der Waals surface area contributed by atoms with Crippen LogP contribution < -0.4 is 5.73 Å². The van der Waals surface area contributed by atoms with Gasteiger partial charge in [-0.2, -0.15) is 0 Å². The summed E-state index contributed by atoms with van der Waals surface area (Å²) in [5, 5.41) is 8.83. The first kappa shape index (κ1) is 13.5. The molecule has 0 spiro atoms. The fourth-order valence-electron chi connectivity index (χ4n) is 2.38. The van der Waals surface area contributed by atoms with E-state index in [1.54, 1.807) is 0 Å². The summed E-state index contributed by atoms with van der Waals surface area (Å²) in [6.07, 6.45) is 1.86. The average Bonchev–Trinajstić information content (AvgIpc) is 2.33. The Kier molecular flexibility index (Phi) is 4.69. The maximum atomic E-state index is 12.8. The monoisotopic (exact) mass is 252 g/mol. The van der Waals surface area contributed by atoms with Gasteiger partial charge in [-0.3, -0.25) is 0 Å². The minimum absolute atomic E-state index is 0.0623. The van der Waals surface area contributed by atoms with E-state index in [-0.39, 0.29) is 18.5 Å². The van der Waals surface area contributed by atoms with Gasteiger partial charge in [-0.15, -0.1) is 0 Å². The number of hydrogen-bond donors (Lipinski definition) is 2. The standard InChI is InChI=1S/C14H21FN2O/c15-13-3-1-11(2-4-13)7-12-8-17(9-12)6-5-14(16)10-18/h1-4,12,14,18H,5-10,16H2. The van der Waals surface area contributed by atoms with Crippen molar-refractivity contribution in [3.8, 4) is 0 Å². The quantitative estimate of drug-likeness (QED) is 0.794. The van der Waals surface area contributed by atoms with Crippen LogP contribution in [0, 0.1) is 11.7 Å². The third-order valence-electron chi connectivity index (χ3n) is 3.52. The van der Waals surface area contributed by atoms with E-state index in [1.165, 1.54) is 17.7 Å². The van der Waals surface area contributed by atoms with E-state index in [1.807, 2.05) is 12.1 Å². The molecule has 100 valence electrons. The molecular formula is C14H21FN2O. The van der Waals surface area contributed by atoms with E-state index in [0.717, 1.165) is 32.5 Å². The first-order valence-electron chi connectivity index (χ1n) is 6.50. The van der Waals surface area contributed by atoms with Crippen molar-refractivity contribution in [1.82, 2.24) is 4.90 Å². The molecule has 0 amide bonds. The first-order valence-corrected chi connectivity index (χ1v) is 6.50. The molecule has 1 saturated heterocycles. The van der Waals surface area contributed by atoms with Crippen LogP contribution in [0.3, 0.4) is 0 Å². The molecule has 3 nitrogen and oxygen atoms in total. The Morgan fingerprint density at radius 2 is 2.00 bits per heavy atom. The summed E-state index contributed by atoms with van der Waals surface area (Å²) < 4.78 is 12.8. The molecule has 0 bridgehead atoms. The summed E-state index contributed by atoms with van der Waals surface area (Å²) in [7, 11) is 0. The molecule has 1 fully saturated rings. The third-order valence-corrected chi connectivity index (χ3v) is 3.52. The van der Waals surface area contributed by atoms with Gasteiger partial charge in [-0.25, -0.2) is 4.39 Å². The van der Waals surface area contributed by atoms with Gasteiger partial charge in [0.25, 0.3) is 0 Å². The summed E-state index contributed by atoms with van der Waals surface area (Å²) in [5.74, 6) is 0.493. The second-order valence-corrected chi connectivity index (χ2v) is 5.19. The van der Waals surface area contributed by atoms with Crippen molar-refractivity contribution in [2.24, 2.45) is 11.7 Å². The van der Waals surface area contributed by atoms with Crippen LogP contribution >= 0.6 is 0 Å². The van der Waals surface area contributed by atoms with Crippen molar-refractivity contribution in [3.63, 3.8) is 0 Å². The molecule has 1 heterocycles. The lowest BCUT2D eigenvalue weighted by Crippen LogP contribution is -2.49. The van der Waals surface area contributed by atoms with E-state index in [9.17, 15) is 4.39 Å². The molecule has 2 rings (SSSR count). The Morgan fingerprint density at radius 1 is 1.33 bits per heavy atom. The van der Waals surface area contributed by atoms with Crippen LogP contribution in [-0.4, -0.2) is 42.3 Å². The first-order chi connectivity index (χ1) is 8.67. The minimum atomic E-state index is -0.174. The van der Waals surface area contributed by atoms with Crippen molar-refractivity contribution in [1.29, 1.82) is 0 Å². The number of likely N-dealkylation sites (tertiary alicyclic amines) is 1. The van der Waals surface area contributed by atoms with Gasteiger partial charge in [0.05, 0.1) is 6.61 Å². The van der Waals surface area contributed by atoms with Crippen molar-refractivity contribution in [2.75, 3.05) is 26.2 Å². The van der Waals surface area contributed by atoms with E-state index in [4.69, 9.17) is 10.8 Å². The van der Waals surface area contributed by atoms with E-state index in [2.05, 4.69) is 4.90 Å². The Hall–Kier alpha value is -0.970. The van der Waals surface area contributed by atoms with Gasteiger partial charge in [-0.05, 0) is 43.0 Å². The molecular weight excluding hydrogens is 231 g/mol. The van der Waals surface area contributed by atoms with Gasteiger partial charge in [0, 0.05) is 19.1 Å². The Morgan fingerprint density at radius 3 is 2.61 bits per heavy atom. The molecule has 18 heavy (non-hydrogen) atoms. The zero-order valence-corrected chi connectivity index (χ0v) is 10.6. The molecule has 0 aromatic heterocycles. The third kappa shape index (κ3) is 3.77. The number of benzene rings is 1. The van der Waals surface area contributed by atoms with Crippen LogP contribution in [0.15, 0.2) is 24.3 Å². The summed E-state index contributed by atoms with van der Waals surface area (Å²) in [5.41, 5.74) is 6.86. The molecule has 1 aromatic rings. The highest BCUT2D eigenvalue weighted by Crippen LogP contribution is 2.20. The highest BCUT2D eigenvalue weighted by atomic mass is 19.1. The molecule has 1 unspecified atom stereocenters. The molecule has 0 radical (unpaired) electrons. The second-order valence-electron chi connectivity index (χ2n) is 5.19. The second kappa shape index (κ2) is 6.27. The van der Waals surface area contributed by atoms with Crippen LogP contribution in [0.1, 0.15) is 12.0 Å². The average molecular weight is 252 g/mol. The maximum Gasteiger partial charge on any atom is 0.123 e. The van der Waals surface area contributed by atoms with Crippen molar-refractivity contribution in [2.45, 2.75) is 18.9 Å². The molecule has 3 N–H and O–H groups in total. The summed E-state index contributed by atoms with van der Waals surface area (Å²) >= 11 is 0. The summed E-state index contributed by atoms with van der Waals surface area (Å²) in [6.45, 7) is 3.18. The van der Waals surface area contributed by atoms with Crippen molar-refractivity contribution < 1.29 is 9.50 Å². The SMILES string of the molecule is NC(CO)CCN1CC(Cc2ccc(F)cc2)C1. The van der Waals surface area contributed by atoms with Crippen LogP contribution in [-0.2, 0) is 6.42 Å². The Bertz CT molecular complexity index is 363. The highest BCUT2D eigenvalue weighted by molar-refractivity contribution is 5.17. The topological polar surface area (TPSA) is 49.5 Å². The predicted molar refractivity (Wildman–Crippen MR) is 69.7 cm³/mol. The van der Waals surface area contributed by atoms with Gasteiger partial charge < -0.3 is 15.7 Å². The van der Waals surface area contributed by atoms with Crippen molar-refractivity contribution >= 4 is 0 Å². The van der Waals surface area contributed by atoms with Crippen LogP contribution in [0.5, 0.6) is 0 Å². The normalized spacial score (nSPS) is 18.6. The summed E-state index contributed by atoms with van der Waals surface area (Å²) in [4.78, 5) is 2.35. The lowest BCUT2D eigenvalue weighted by atomic mass is 9.92. The van der Waals surface area contributed by atoms with Crippen LogP contribution in [0.25, 0.3) is 0 Å². The van der Waals surface area contributed by atoms with Gasteiger partial charge in [-0.1, -0.05) is 12.1 Å². The number of hydrogen-bond acceptors (Lipinski definition) is 3. The summed E-state index contributed by atoms with van der Waals surface area (Å²) in [6, 6.07) is 6.67. The zero-order chi connectivity index (χ0) is 13.0. The number of nitrogens with two attached hydrogens (primary N) is 1. The Balaban J connectivity index is 1.65. The number of nitrogens with zero attached hydrogens (tertiary/aromatic N) is 1. The van der Waals surface area contributed by atoms with E-state index in [0.29, 0.717) is 5.92 Å². The van der Waals surface area contributed by atoms with Crippen molar-refractivity contribution in [3.05, 3.63) is 35.6 Å². The minimum Gasteiger partial charge on any atom is -0.395 e. The maximum absolute atomic E-state index is 12.8. The zero-order valence-electron chi connectivity index (χ0n) is 10.6. The highest BCUT2D eigenvalue weighted by Gasteiger charge is 2.26.